The van der Waals surface area contributed by atoms with E-state index >= 15 is 0 Å². The van der Waals surface area contributed by atoms with Gasteiger partial charge >= 0.3 is 0 Å². The van der Waals surface area contributed by atoms with Crippen LogP contribution in [-0.4, -0.2) is 19.7 Å². The molecule has 0 unspecified atom stereocenters. The van der Waals surface area contributed by atoms with Crippen LogP contribution in [-0.2, 0) is 18.2 Å². The van der Waals surface area contributed by atoms with Gasteiger partial charge in [-0.3, -0.25) is 9.36 Å². The lowest BCUT2D eigenvalue weighted by Crippen LogP contribution is -2.19. The third-order valence-electron chi connectivity index (χ3n) is 3.81. The Labute approximate surface area is 148 Å². The monoisotopic (exact) mass is 364 g/mol. The lowest BCUT2D eigenvalue weighted by molar-refractivity contribution is 0.319. The Morgan fingerprint density at radius 2 is 1.96 bits per heavy atom. The standard InChI is InChI=1S/C16H20N4O2S2/c1-8-9(2)24-12-11(8)13(21)20(6)15(18-12)23-7-10-17-14(22-19-10)16(3,4)5/h7H2,1-6H3. The van der Waals surface area contributed by atoms with E-state index in [-0.39, 0.29) is 11.0 Å². The Bertz CT molecular complexity index is 963. The molecule has 0 aromatic carbocycles. The molecule has 24 heavy (non-hydrogen) atoms. The van der Waals surface area contributed by atoms with Crippen molar-refractivity contribution in [2.75, 3.05) is 0 Å². The van der Waals surface area contributed by atoms with Crippen LogP contribution in [0.15, 0.2) is 14.5 Å². The van der Waals surface area contributed by atoms with E-state index in [2.05, 4.69) is 15.1 Å². The normalized spacial score (nSPS) is 12.2. The molecule has 0 saturated heterocycles. The van der Waals surface area contributed by atoms with E-state index in [4.69, 9.17) is 4.52 Å². The Kier molecular flexibility index (Phi) is 4.29. The number of fused-ring (bicyclic) bond motifs is 1. The van der Waals surface area contributed by atoms with Gasteiger partial charge in [0, 0.05) is 17.3 Å². The largest absolute Gasteiger partial charge is 0.339 e. The van der Waals surface area contributed by atoms with Gasteiger partial charge in [-0.15, -0.1) is 11.3 Å². The first-order chi connectivity index (χ1) is 11.2. The predicted molar refractivity (Wildman–Crippen MR) is 96.9 cm³/mol. The first-order valence-electron chi connectivity index (χ1n) is 7.61. The molecule has 3 rings (SSSR count). The third kappa shape index (κ3) is 3.00. The van der Waals surface area contributed by atoms with Crippen molar-refractivity contribution in [3.8, 4) is 0 Å². The molecule has 0 aliphatic rings. The molecule has 0 aliphatic heterocycles. The first-order valence-corrected chi connectivity index (χ1v) is 9.41. The maximum Gasteiger partial charge on any atom is 0.262 e. The number of aromatic nitrogens is 4. The Balaban J connectivity index is 1.89. The maximum absolute atomic E-state index is 12.6. The highest BCUT2D eigenvalue weighted by Crippen LogP contribution is 2.29. The van der Waals surface area contributed by atoms with Crippen LogP contribution in [0.2, 0.25) is 0 Å². The number of thiophene rings is 1. The summed E-state index contributed by atoms with van der Waals surface area (Å²) in [7, 11) is 1.75. The highest BCUT2D eigenvalue weighted by atomic mass is 32.2. The van der Waals surface area contributed by atoms with Crippen molar-refractivity contribution in [1.29, 1.82) is 0 Å². The second kappa shape index (κ2) is 6.00. The van der Waals surface area contributed by atoms with Crippen molar-refractivity contribution in [2.24, 2.45) is 7.05 Å². The molecule has 0 fully saturated rings. The van der Waals surface area contributed by atoms with Gasteiger partial charge in [-0.1, -0.05) is 37.7 Å². The molecule has 0 N–H and O–H groups in total. The molecule has 128 valence electrons. The van der Waals surface area contributed by atoms with Gasteiger partial charge in [-0.25, -0.2) is 4.98 Å². The van der Waals surface area contributed by atoms with Crippen LogP contribution in [0.1, 0.15) is 42.9 Å². The lowest BCUT2D eigenvalue weighted by Gasteiger charge is -2.10. The van der Waals surface area contributed by atoms with Crippen LogP contribution in [0.4, 0.5) is 0 Å². The van der Waals surface area contributed by atoms with Gasteiger partial charge in [0.15, 0.2) is 11.0 Å². The Hall–Kier alpha value is -1.67. The van der Waals surface area contributed by atoms with Crippen LogP contribution in [0, 0.1) is 13.8 Å². The summed E-state index contributed by atoms with van der Waals surface area (Å²) in [6.45, 7) is 10.1. The summed E-state index contributed by atoms with van der Waals surface area (Å²) in [6, 6.07) is 0. The number of hydrogen-bond donors (Lipinski definition) is 0. The molecule has 0 bridgehead atoms. The number of aryl methyl sites for hydroxylation is 2. The van der Waals surface area contributed by atoms with Crippen molar-refractivity contribution in [1.82, 2.24) is 19.7 Å². The molecular formula is C16H20N4O2S2. The molecule has 0 radical (unpaired) electrons. The van der Waals surface area contributed by atoms with Gasteiger partial charge in [0.2, 0.25) is 5.89 Å². The minimum atomic E-state index is -0.175. The minimum absolute atomic E-state index is 0.00663. The second-order valence-electron chi connectivity index (χ2n) is 6.78. The minimum Gasteiger partial charge on any atom is -0.339 e. The summed E-state index contributed by atoms with van der Waals surface area (Å²) < 4.78 is 6.89. The van der Waals surface area contributed by atoms with Crippen molar-refractivity contribution in [2.45, 2.75) is 50.9 Å². The smallest absolute Gasteiger partial charge is 0.262 e. The zero-order chi connectivity index (χ0) is 17.6. The summed E-state index contributed by atoms with van der Waals surface area (Å²) >= 11 is 3.00. The molecule has 3 aromatic heterocycles. The summed E-state index contributed by atoms with van der Waals surface area (Å²) in [5, 5.41) is 5.39. The molecule has 6 nitrogen and oxygen atoms in total. The van der Waals surface area contributed by atoms with Gasteiger partial charge in [0.25, 0.3) is 5.56 Å². The fourth-order valence-corrected chi connectivity index (χ4v) is 4.12. The van der Waals surface area contributed by atoms with Gasteiger partial charge in [-0.2, -0.15) is 4.98 Å². The summed E-state index contributed by atoms with van der Waals surface area (Å²) in [6.07, 6.45) is 0. The van der Waals surface area contributed by atoms with E-state index in [0.717, 1.165) is 20.7 Å². The fraction of sp³-hybridized carbons (Fsp3) is 0.500. The average molecular weight is 364 g/mol. The highest BCUT2D eigenvalue weighted by Gasteiger charge is 2.22. The highest BCUT2D eigenvalue weighted by molar-refractivity contribution is 7.98. The van der Waals surface area contributed by atoms with Crippen molar-refractivity contribution in [3.63, 3.8) is 0 Å². The molecule has 0 amide bonds. The lowest BCUT2D eigenvalue weighted by atomic mass is 9.97. The van der Waals surface area contributed by atoms with Crippen LogP contribution >= 0.6 is 23.1 Å². The number of hydrogen-bond acceptors (Lipinski definition) is 7. The first kappa shape index (κ1) is 17.2. The number of thioether (sulfide) groups is 1. The number of nitrogens with zero attached hydrogens (tertiary/aromatic N) is 4. The summed E-state index contributed by atoms with van der Waals surface area (Å²) in [4.78, 5) is 23.6. The Morgan fingerprint density at radius 1 is 1.25 bits per heavy atom. The quantitative estimate of drug-likeness (QED) is 0.522. The fourth-order valence-electron chi connectivity index (χ4n) is 2.23. The van der Waals surface area contributed by atoms with E-state index in [1.165, 1.54) is 11.8 Å². The molecular weight excluding hydrogens is 344 g/mol. The summed E-state index contributed by atoms with van der Waals surface area (Å²) in [5.74, 6) is 1.73. The molecule has 0 aliphatic carbocycles. The molecule has 3 aromatic rings. The molecule has 8 heteroatoms. The van der Waals surface area contributed by atoms with E-state index in [1.807, 2.05) is 34.6 Å². The number of rotatable bonds is 3. The predicted octanol–water partition coefficient (Wildman–Crippen LogP) is 3.58. The topological polar surface area (TPSA) is 73.8 Å². The zero-order valence-electron chi connectivity index (χ0n) is 14.6. The van der Waals surface area contributed by atoms with E-state index in [1.54, 1.807) is 23.0 Å². The van der Waals surface area contributed by atoms with Gasteiger partial charge in [0.1, 0.15) is 4.83 Å². The molecule has 0 saturated carbocycles. The van der Waals surface area contributed by atoms with Crippen LogP contribution < -0.4 is 5.56 Å². The third-order valence-corrected chi connectivity index (χ3v) is 5.94. The molecule has 0 spiro atoms. The van der Waals surface area contributed by atoms with E-state index in [9.17, 15) is 4.79 Å². The van der Waals surface area contributed by atoms with Crippen LogP contribution in [0.5, 0.6) is 0 Å². The van der Waals surface area contributed by atoms with Gasteiger partial charge in [-0.05, 0) is 19.4 Å². The van der Waals surface area contributed by atoms with Gasteiger partial charge < -0.3 is 4.52 Å². The zero-order valence-corrected chi connectivity index (χ0v) is 16.3. The second-order valence-corrected chi connectivity index (χ2v) is 8.92. The van der Waals surface area contributed by atoms with E-state index < -0.39 is 0 Å². The summed E-state index contributed by atoms with van der Waals surface area (Å²) in [5.41, 5.74) is 0.840. The maximum atomic E-state index is 12.6. The Morgan fingerprint density at radius 3 is 2.58 bits per heavy atom. The molecule has 0 atom stereocenters. The van der Waals surface area contributed by atoms with Gasteiger partial charge in [0.05, 0.1) is 11.1 Å². The SMILES string of the molecule is Cc1sc2nc(SCc3noc(C(C)(C)C)n3)n(C)c(=O)c2c1C. The molecule has 3 heterocycles. The van der Waals surface area contributed by atoms with E-state index in [0.29, 0.717) is 22.6 Å². The van der Waals surface area contributed by atoms with Crippen molar-refractivity contribution in [3.05, 3.63) is 32.5 Å². The van der Waals surface area contributed by atoms with Crippen LogP contribution in [0.3, 0.4) is 0 Å². The average Bonchev–Trinajstić information content (AvgIpc) is 3.07. The van der Waals surface area contributed by atoms with Crippen molar-refractivity contribution < 1.29 is 4.52 Å². The van der Waals surface area contributed by atoms with Crippen LogP contribution in [0.25, 0.3) is 10.2 Å². The van der Waals surface area contributed by atoms with Crippen molar-refractivity contribution >= 4 is 33.3 Å².